The van der Waals surface area contributed by atoms with Crippen LogP contribution in [0.2, 0.25) is 0 Å². The topological polar surface area (TPSA) is 39.2 Å². The van der Waals surface area contributed by atoms with Crippen molar-refractivity contribution in [2.45, 2.75) is 26.4 Å². The number of rotatable bonds is 3. The number of ether oxygens (including phenoxy) is 1. The smallest absolute Gasteiger partial charge is 0.163 e. The van der Waals surface area contributed by atoms with Gasteiger partial charge in [0.05, 0.1) is 9.88 Å². The molecule has 0 amide bonds. The monoisotopic (exact) mass is 259 g/mol. The summed E-state index contributed by atoms with van der Waals surface area (Å²) in [5.74, 6) is 1.06. The number of aromatic nitrogens is 1. The number of ketones is 1. The van der Waals surface area contributed by atoms with Crippen LogP contribution in [0, 0.1) is 6.92 Å². The molecule has 0 spiro atoms. The molecule has 18 heavy (non-hydrogen) atoms. The van der Waals surface area contributed by atoms with Crippen LogP contribution in [0.3, 0.4) is 0 Å². The zero-order valence-electron chi connectivity index (χ0n) is 10.1. The van der Waals surface area contributed by atoms with Gasteiger partial charge in [0.2, 0.25) is 0 Å². The molecule has 0 radical (unpaired) electrons. The first-order valence-corrected chi connectivity index (χ1v) is 6.75. The van der Waals surface area contributed by atoms with Crippen molar-refractivity contribution in [3.8, 4) is 5.75 Å². The number of fused-ring (bicyclic) bond motifs is 1. The van der Waals surface area contributed by atoms with Crippen LogP contribution in [0.25, 0.3) is 0 Å². The molecule has 92 valence electrons. The highest BCUT2D eigenvalue weighted by Gasteiger charge is 2.22. The maximum Gasteiger partial charge on any atom is 0.163 e. The van der Waals surface area contributed by atoms with Gasteiger partial charge < -0.3 is 4.74 Å². The van der Waals surface area contributed by atoms with E-state index in [-0.39, 0.29) is 5.78 Å². The van der Waals surface area contributed by atoms with E-state index in [0.717, 1.165) is 33.2 Å². The van der Waals surface area contributed by atoms with Gasteiger partial charge in [-0.05, 0) is 19.4 Å². The molecule has 1 aliphatic rings. The Bertz CT molecular complexity index is 604. The van der Waals surface area contributed by atoms with Crippen molar-refractivity contribution in [1.29, 1.82) is 0 Å². The normalized spacial score (nSPS) is 13.7. The molecule has 2 aromatic rings. The van der Waals surface area contributed by atoms with Crippen LogP contribution >= 0.6 is 11.3 Å². The van der Waals surface area contributed by atoms with Crippen molar-refractivity contribution >= 4 is 17.1 Å². The van der Waals surface area contributed by atoms with Gasteiger partial charge >= 0.3 is 0 Å². The molecule has 0 bridgehead atoms. The van der Waals surface area contributed by atoms with Gasteiger partial charge in [0.25, 0.3) is 0 Å². The average Bonchev–Trinajstić information content (AvgIpc) is 2.94. The van der Waals surface area contributed by atoms with Gasteiger partial charge in [-0.3, -0.25) is 4.79 Å². The molecule has 1 aromatic carbocycles. The summed E-state index contributed by atoms with van der Waals surface area (Å²) in [6.07, 6.45) is 3.25. The van der Waals surface area contributed by atoms with Gasteiger partial charge in [-0.15, -0.1) is 11.3 Å². The predicted molar refractivity (Wildman–Crippen MR) is 70.3 cm³/mol. The van der Waals surface area contributed by atoms with Crippen LogP contribution in [0.1, 0.15) is 32.2 Å². The largest absolute Gasteiger partial charge is 0.488 e. The van der Waals surface area contributed by atoms with Crippen LogP contribution in [-0.4, -0.2) is 10.8 Å². The summed E-state index contributed by atoms with van der Waals surface area (Å²) < 4.78 is 5.81. The average molecular weight is 259 g/mol. The lowest BCUT2D eigenvalue weighted by Crippen LogP contribution is -1.97. The van der Waals surface area contributed by atoms with E-state index in [0.29, 0.717) is 13.0 Å². The second-order valence-electron chi connectivity index (χ2n) is 4.34. The zero-order chi connectivity index (χ0) is 12.5. The highest BCUT2D eigenvalue weighted by molar-refractivity contribution is 7.11. The van der Waals surface area contributed by atoms with Crippen LogP contribution < -0.4 is 4.74 Å². The Balaban J connectivity index is 1.80. The van der Waals surface area contributed by atoms with E-state index in [9.17, 15) is 4.79 Å². The van der Waals surface area contributed by atoms with E-state index in [1.165, 1.54) is 0 Å². The van der Waals surface area contributed by atoms with E-state index in [1.54, 1.807) is 11.3 Å². The number of aryl methyl sites for hydroxylation is 1. The molecule has 1 heterocycles. The molecule has 0 saturated heterocycles. The minimum atomic E-state index is 0.226. The minimum absolute atomic E-state index is 0.226. The van der Waals surface area contributed by atoms with Gasteiger partial charge in [-0.2, -0.15) is 0 Å². The van der Waals surface area contributed by atoms with Gasteiger partial charge in [-0.25, -0.2) is 4.98 Å². The molecular weight excluding hydrogens is 246 g/mol. The summed E-state index contributed by atoms with van der Waals surface area (Å²) in [7, 11) is 0. The SMILES string of the molecule is Cc1ncc(COc2cccc3c2CCC3=O)s1. The van der Waals surface area contributed by atoms with Gasteiger partial charge in [0.1, 0.15) is 12.4 Å². The fourth-order valence-electron chi connectivity index (χ4n) is 2.21. The molecule has 0 saturated carbocycles. The maximum atomic E-state index is 11.6. The molecular formula is C14H13NO2S. The van der Waals surface area contributed by atoms with Crippen molar-refractivity contribution in [3.63, 3.8) is 0 Å². The molecule has 0 N–H and O–H groups in total. The Hall–Kier alpha value is -1.68. The van der Waals surface area contributed by atoms with Crippen molar-refractivity contribution in [2.24, 2.45) is 0 Å². The second kappa shape index (κ2) is 4.53. The maximum absolute atomic E-state index is 11.6. The Kier molecular flexibility index (Phi) is 2.88. The van der Waals surface area contributed by atoms with Crippen molar-refractivity contribution in [3.05, 3.63) is 45.4 Å². The van der Waals surface area contributed by atoms with E-state index in [2.05, 4.69) is 4.98 Å². The Morgan fingerprint density at radius 3 is 3.06 bits per heavy atom. The van der Waals surface area contributed by atoms with Crippen LogP contribution in [0.4, 0.5) is 0 Å². The van der Waals surface area contributed by atoms with Crippen LogP contribution in [0.5, 0.6) is 5.75 Å². The number of hydrogen-bond acceptors (Lipinski definition) is 4. The van der Waals surface area contributed by atoms with Gasteiger partial charge in [-0.1, -0.05) is 12.1 Å². The number of carbonyl (C=O) groups excluding carboxylic acids is 1. The number of benzene rings is 1. The summed E-state index contributed by atoms with van der Waals surface area (Å²) in [5, 5.41) is 1.04. The van der Waals surface area contributed by atoms with E-state index >= 15 is 0 Å². The molecule has 1 aliphatic carbocycles. The third-order valence-electron chi connectivity index (χ3n) is 3.07. The molecule has 0 aliphatic heterocycles. The van der Waals surface area contributed by atoms with Crippen molar-refractivity contribution in [2.75, 3.05) is 0 Å². The third kappa shape index (κ3) is 2.04. The number of carbonyl (C=O) groups is 1. The zero-order valence-corrected chi connectivity index (χ0v) is 10.9. The van der Waals surface area contributed by atoms with E-state index in [4.69, 9.17) is 4.74 Å². The highest BCUT2D eigenvalue weighted by atomic mass is 32.1. The molecule has 0 atom stereocenters. The minimum Gasteiger partial charge on any atom is -0.488 e. The molecule has 3 nitrogen and oxygen atoms in total. The quantitative estimate of drug-likeness (QED) is 0.850. The standard InChI is InChI=1S/C14H13NO2S/c1-9-15-7-10(18-9)8-17-14-4-2-3-11-12(14)5-6-13(11)16/h2-4,7H,5-6,8H2,1H3. The molecule has 0 unspecified atom stereocenters. The van der Waals surface area contributed by atoms with Gasteiger partial charge in [0, 0.05) is 23.7 Å². The summed E-state index contributed by atoms with van der Waals surface area (Å²) in [5.41, 5.74) is 1.89. The summed E-state index contributed by atoms with van der Waals surface area (Å²) in [4.78, 5) is 16.9. The van der Waals surface area contributed by atoms with Crippen LogP contribution in [0.15, 0.2) is 24.4 Å². The van der Waals surface area contributed by atoms with Crippen molar-refractivity contribution < 1.29 is 9.53 Å². The van der Waals surface area contributed by atoms with Gasteiger partial charge in [0.15, 0.2) is 5.78 Å². The second-order valence-corrected chi connectivity index (χ2v) is 5.66. The van der Waals surface area contributed by atoms with E-state index < -0.39 is 0 Å². The Morgan fingerprint density at radius 2 is 2.28 bits per heavy atom. The number of nitrogens with zero attached hydrogens (tertiary/aromatic N) is 1. The Morgan fingerprint density at radius 1 is 1.39 bits per heavy atom. The number of hydrogen-bond donors (Lipinski definition) is 0. The first kappa shape index (κ1) is 11.4. The molecule has 0 fully saturated rings. The first-order valence-electron chi connectivity index (χ1n) is 5.93. The fourth-order valence-corrected chi connectivity index (χ4v) is 2.92. The fraction of sp³-hybridized carbons (Fsp3) is 0.286. The summed E-state index contributed by atoms with van der Waals surface area (Å²) in [6, 6.07) is 5.70. The first-order chi connectivity index (χ1) is 8.74. The molecule has 4 heteroatoms. The lowest BCUT2D eigenvalue weighted by molar-refractivity contribution is 0.0994. The molecule has 1 aromatic heterocycles. The summed E-state index contributed by atoms with van der Waals surface area (Å²) >= 11 is 1.64. The molecule has 3 rings (SSSR count). The third-order valence-corrected chi connectivity index (χ3v) is 3.96. The predicted octanol–water partition coefficient (Wildman–Crippen LogP) is 3.16. The Labute approximate surface area is 109 Å². The van der Waals surface area contributed by atoms with E-state index in [1.807, 2.05) is 31.3 Å². The van der Waals surface area contributed by atoms with Crippen LogP contribution in [-0.2, 0) is 13.0 Å². The highest BCUT2D eigenvalue weighted by Crippen LogP contribution is 2.31. The lowest BCUT2D eigenvalue weighted by Gasteiger charge is -2.08. The lowest BCUT2D eigenvalue weighted by atomic mass is 10.1. The number of Topliss-reactive ketones (excluding diaryl/α,β-unsaturated/α-hetero) is 1. The summed E-state index contributed by atoms with van der Waals surface area (Å²) in [6.45, 7) is 2.50. The van der Waals surface area contributed by atoms with Crippen molar-refractivity contribution in [1.82, 2.24) is 4.98 Å². The number of thiazole rings is 1.